The maximum absolute atomic E-state index is 13.0. The fourth-order valence-corrected chi connectivity index (χ4v) is 1.59. The highest BCUT2D eigenvalue weighted by atomic mass is 19.2. The molecule has 0 saturated heterocycles. The molecule has 2 aromatic carbocycles. The Bertz CT molecular complexity index is 543. The molecule has 0 radical (unpaired) electrons. The quantitative estimate of drug-likeness (QED) is 0.894. The van der Waals surface area contributed by atoms with Crippen molar-refractivity contribution >= 4 is 5.69 Å². The summed E-state index contributed by atoms with van der Waals surface area (Å²) in [4.78, 5) is 0. The summed E-state index contributed by atoms with van der Waals surface area (Å²) in [5.41, 5.74) is 1.54. The lowest BCUT2D eigenvalue weighted by Crippen LogP contribution is -2.00. The van der Waals surface area contributed by atoms with E-state index in [0.29, 0.717) is 12.2 Å². The van der Waals surface area contributed by atoms with Gasteiger partial charge in [0, 0.05) is 18.3 Å². The van der Waals surface area contributed by atoms with Gasteiger partial charge in [-0.3, -0.25) is 0 Å². The van der Waals surface area contributed by atoms with Crippen LogP contribution in [0.1, 0.15) is 5.56 Å². The number of halogens is 2. The molecule has 0 aromatic heterocycles. The summed E-state index contributed by atoms with van der Waals surface area (Å²) in [6, 6.07) is 11.3. The number of ether oxygens (including phenoxy) is 1. The minimum atomic E-state index is -0.856. The summed E-state index contributed by atoms with van der Waals surface area (Å²) in [7, 11) is 1.60. The zero-order valence-electron chi connectivity index (χ0n) is 9.91. The normalized spacial score (nSPS) is 10.2. The Morgan fingerprint density at radius 2 is 1.89 bits per heavy atom. The first-order chi connectivity index (χ1) is 8.69. The topological polar surface area (TPSA) is 21.3 Å². The molecule has 0 unspecified atom stereocenters. The van der Waals surface area contributed by atoms with Gasteiger partial charge < -0.3 is 10.1 Å². The molecular formula is C14H13F2NO. The van der Waals surface area contributed by atoms with E-state index in [-0.39, 0.29) is 0 Å². The minimum absolute atomic E-state index is 0.516. The lowest BCUT2D eigenvalue weighted by Gasteiger charge is -2.08. The van der Waals surface area contributed by atoms with Crippen molar-refractivity contribution in [1.29, 1.82) is 0 Å². The van der Waals surface area contributed by atoms with Gasteiger partial charge in [-0.2, -0.15) is 0 Å². The monoisotopic (exact) mass is 249 g/mol. The molecule has 0 spiro atoms. The third kappa shape index (κ3) is 2.97. The lowest BCUT2D eigenvalue weighted by atomic mass is 10.2. The number of hydrogen-bond acceptors (Lipinski definition) is 2. The smallest absolute Gasteiger partial charge is 0.160 e. The van der Waals surface area contributed by atoms with Crippen LogP contribution in [0.15, 0.2) is 42.5 Å². The second-order valence-electron chi connectivity index (χ2n) is 3.83. The van der Waals surface area contributed by atoms with Crippen LogP contribution in [-0.2, 0) is 6.54 Å². The summed E-state index contributed by atoms with van der Waals surface area (Å²) in [6.45, 7) is 0.516. The Hall–Kier alpha value is -2.10. The van der Waals surface area contributed by atoms with Crippen molar-refractivity contribution in [2.45, 2.75) is 6.54 Å². The number of anilines is 1. The molecule has 1 N–H and O–H groups in total. The van der Waals surface area contributed by atoms with Gasteiger partial charge in [0.25, 0.3) is 0 Å². The second-order valence-corrected chi connectivity index (χ2v) is 3.83. The highest BCUT2D eigenvalue weighted by Crippen LogP contribution is 2.16. The van der Waals surface area contributed by atoms with Gasteiger partial charge in [0.15, 0.2) is 11.6 Å². The van der Waals surface area contributed by atoms with Gasteiger partial charge >= 0.3 is 0 Å². The average molecular weight is 249 g/mol. The third-order valence-electron chi connectivity index (χ3n) is 2.55. The van der Waals surface area contributed by atoms with Gasteiger partial charge in [0.1, 0.15) is 5.75 Å². The first kappa shape index (κ1) is 12.4. The molecule has 2 nitrogen and oxygen atoms in total. The summed E-state index contributed by atoms with van der Waals surface area (Å²) < 4.78 is 30.8. The largest absolute Gasteiger partial charge is 0.497 e. The molecule has 4 heteroatoms. The van der Waals surface area contributed by atoms with Crippen LogP contribution < -0.4 is 10.1 Å². The Kier molecular flexibility index (Phi) is 3.77. The van der Waals surface area contributed by atoms with Crippen molar-refractivity contribution in [3.05, 3.63) is 59.7 Å². The van der Waals surface area contributed by atoms with E-state index in [1.165, 1.54) is 6.07 Å². The van der Waals surface area contributed by atoms with E-state index in [0.717, 1.165) is 23.4 Å². The van der Waals surface area contributed by atoms with E-state index in [1.54, 1.807) is 7.11 Å². The molecule has 18 heavy (non-hydrogen) atoms. The Labute approximate surface area is 104 Å². The first-order valence-corrected chi connectivity index (χ1v) is 5.51. The fraction of sp³-hybridized carbons (Fsp3) is 0.143. The molecule has 0 aliphatic rings. The van der Waals surface area contributed by atoms with Gasteiger partial charge in [-0.25, -0.2) is 8.78 Å². The Morgan fingerprint density at radius 3 is 2.61 bits per heavy atom. The van der Waals surface area contributed by atoms with E-state index in [9.17, 15) is 8.78 Å². The summed E-state index contributed by atoms with van der Waals surface area (Å²) in [6.07, 6.45) is 0. The predicted octanol–water partition coefficient (Wildman–Crippen LogP) is 3.59. The molecule has 0 atom stereocenters. The SMILES string of the molecule is COc1cccc(CNc2ccc(F)c(F)c2)c1. The molecule has 2 rings (SSSR count). The van der Waals surface area contributed by atoms with Crippen LogP contribution in [0.3, 0.4) is 0 Å². The zero-order chi connectivity index (χ0) is 13.0. The van der Waals surface area contributed by atoms with Crippen LogP contribution >= 0.6 is 0 Å². The van der Waals surface area contributed by atoms with Crippen molar-refractivity contribution in [2.24, 2.45) is 0 Å². The van der Waals surface area contributed by atoms with Crippen LogP contribution in [0, 0.1) is 11.6 Å². The summed E-state index contributed by atoms with van der Waals surface area (Å²) in [5, 5.41) is 3.02. The van der Waals surface area contributed by atoms with E-state index in [4.69, 9.17) is 4.74 Å². The van der Waals surface area contributed by atoms with E-state index >= 15 is 0 Å². The van der Waals surface area contributed by atoms with Gasteiger partial charge in [-0.05, 0) is 29.8 Å². The van der Waals surface area contributed by atoms with Crippen LogP contribution in [0.25, 0.3) is 0 Å². The standard InChI is InChI=1S/C14H13F2NO/c1-18-12-4-2-3-10(7-12)9-17-11-5-6-13(15)14(16)8-11/h2-8,17H,9H2,1H3. The van der Waals surface area contributed by atoms with Gasteiger partial charge in [0.2, 0.25) is 0 Å². The lowest BCUT2D eigenvalue weighted by molar-refractivity contribution is 0.414. The minimum Gasteiger partial charge on any atom is -0.497 e. The summed E-state index contributed by atoms with van der Waals surface area (Å²) in [5.74, 6) is -0.938. The maximum Gasteiger partial charge on any atom is 0.160 e. The van der Waals surface area contributed by atoms with Crippen molar-refractivity contribution in [2.75, 3.05) is 12.4 Å². The van der Waals surface area contributed by atoms with Crippen molar-refractivity contribution < 1.29 is 13.5 Å². The van der Waals surface area contributed by atoms with Crippen LogP contribution in [0.5, 0.6) is 5.75 Å². The van der Waals surface area contributed by atoms with Crippen molar-refractivity contribution in [1.82, 2.24) is 0 Å². The molecule has 0 fully saturated rings. The number of hydrogen-bond donors (Lipinski definition) is 1. The molecule has 0 aliphatic carbocycles. The number of nitrogens with one attached hydrogen (secondary N) is 1. The van der Waals surface area contributed by atoms with Crippen molar-refractivity contribution in [3.63, 3.8) is 0 Å². The van der Waals surface area contributed by atoms with Gasteiger partial charge in [-0.15, -0.1) is 0 Å². The predicted molar refractivity (Wildman–Crippen MR) is 66.7 cm³/mol. The number of benzene rings is 2. The molecule has 0 amide bonds. The Morgan fingerprint density at radius 1 is 1.06 bits per heavy atom. The van der Waals surface area contributed by atoms with Crippen LogP contribution in [0.4, 0.5) is 14.5 Å². The van der Waals surface area contributed by atoms with Crippen molar-refractivity contribution in [3.8, 4) is 5.75 Å². The molecular weight excluding hydrogens is 236 g/mol. The van der Waals surface area contributed by atoms with Crippen LogP contribution in [0.2, 0.25) is 0 Å². The second kappa shape index (κ2) is 5.49. The van der Waals surface area contributed by atoms with Crippen LogP contribution in [-0.4, -0.2) is 7.11 Å². The fourth-order valence-electron chi connectivity index (χ4n) is 1.59. The highest BCUT2D eigenvalue weighted by molar-refractivity contribution is 5.44. The molecule has 2 aromatic rings. The maximum atomic E-state index is 13.0. The van der Waals surface area contributed by atoms with E-state index in [1.807, 2.05) is 24.3 Å². The average Bonchev–Trinajstić information content (AvgIpc) is 2.40. The number of rotatable bonds is 4. The molecule has 0 saturated carbocycles. The molecule has 0 heterocycles. The zero-order valence-corrected chi connectivity index (χ0v) is 9.91. The third-order valence-corrected chi connectivity index (χ3v) is 2.55. The Balaban J connectivity index is 2.04. The van der Waals surface area contributed by atoms with E-state index < -0.39 is 11.6 Å². The summed E-state index contributed by atoms with van der Waals surface area (Å²) >= 11 is 0. The molecule has 94 valence electrons. The number of methoxy groups -OCH3 is 1. The van der Waals surface area contributed by atoms with Gasteiger partial charge in [0.05, 0.1) is 7.11 Å². The molecule has 0 bridgehead atoms. The van der Waals surface area contributed by atoms with E-state index in [2.05, 4.69) is 5.32 Å². The molecule has 0 aliphatic heterocycles. The highest BCUT2D eigenvalue weighted by Gasteiger charge is 2.02. The first-order valence-electron chi connectivity index (χ1n) is 5.51. The van der Waals surface area contributed by atoms with Gasteiger partial charge in [-0.1, -0.05) is 12.1 Å².